The minimum atomic E-state index is 0.723. The van der Waals surface area contributed by atoms with Crippen molar-refractivity contribution in [3.63, 3.8) is 0 Å². The highest BCUT2D eigenvalue weighted by Gasteiger charge is 2.28. The molecule has 2 nitrogen and oxygen atoms in total. The van der Waals surface area contributed by atoms with Crippen LogP contribution in [0.4, 0.5) is 0 Å². The van der Waals surface area contributed by atoms with E-state index in [1.165, 1.54) is 62.6 Å². The van der Waals surface area contributed by atoms with Crippen LogP contribution >= 0.6 is 0 Å². The van der Waals surface area contributed by atoms with Crippen LogP contribution in [0.5, 0.6) is 0 Å². The number of rotatable bonds is 4. The summed E-state index contributed by atoms with van der Waals surface area (Å²) in [7, 11) is 0. The first-order chi connectivity index (χ1) is 9.33. The van der Waals surface area contributed by atoms with Crippen LogP contribution in [-0.2, 0) is 0 Å². The van der Waals surface area contributed by atoms with Gasteiger partial charge in [-0.05, 0) is 62.1 Å². The van der Waals surface area contributed by atoms with Crippen molar-refractivity contribution in [2.24, 2.45) is 5.92 Å². The highest BCUT2D eigenvalue weighted by molar-refractivity contribution is 5.22. The van der Waals surface area contributed by atoms with E-state index in [1.54, 1.807) is 0 Å². The van der Waals surface area contributed by atoms with Crippen LogP contribution in [-0.4, -0.2) is 17.6 Å². The molecule has 2 unspecified atom stereocenters. The lowest BCUT2D eigenvalue weighted by molar-refractivity contribution is 0.373. The summed E-state index contributed by atoms with van der Waals surface area (Å²) in [5.41, 5.74) is 2.78. The van der Waals surface area contributed by atoms with Crippen LogP contribution in [0.25, 0.3) is 0 Å². The summed E-state index contributed by atoms with van der Waals surface area (Å²) in [5.74, 6) is 1.54. The zero-order valence-electron chi connectivity index (χ0n) is 12.1. The summed E-state index contributed by atoms with van der Waals surface area (Å²) in [4.78, 5) is 4.41. The Morgan fingerprint density at radius 1 is 1.11 bits per heavy atom. The van der Waals surface area contributed by atoms with Gasteiger partial charge in [0.2, 0.25) is 0 Å². The van der Waals surface area contributed by atoms with E-state index >= 15 is 0 Å². The van der Waals surface area contributed by atoms with Crippen LogP contribution in [0.1, 0.15) is 62.0 Å². The van der Waals surface area contributed by atoms with Gasteiger partial charge in [0.15, 0.2) is 0 Å². The maximum atomic E-state index is 4.41. The zero-order chi connectivity index (χ0) is 13.1. The van der Waals surface area contributed by atoms with E-state index in [-0.39, 0.29) is 0 Å². The molecule has 1 N–H and O–H groups in total. The molecule has 1 aromatic heterocycles. The number of aromatic nitrogens is 1. The fourth-order valence-electron chi connectivity index (χ4n) is 3.45. The van der Waals surface area contributed by atoms with Crippen LogP contribution < -0.4 is 5.32 Å². The molecule has 1 aromatic rings. The molecule has 0 aromatic carbocycles. The molecule has 2 atom stereocenters. The van der Waals surface area contributed by atoms with Crippen molar-refractivity contribution in [3.05, 3.63) is 29.6 Å². The number of pyridine rings is 1. The Balaban J connectivity index is 1.72. The van der Waals surface area contributed by atoms with Crippen molar-refractivity contribution in [2.45, 2.75) is 63.8 Å². The first-order valence-electron chi connectivity index (χ1n) is 7.98. The molecular weight excluding hydrogens is 232 g/mol. The maximum Gasteiger partial charge on any atom is 0.0303 e. The Bertz CT molecular complexity index is 411. The van der Waals surface area contributed by atoms with Gasteiger partial charge in [0.1, 0.15) is 0 Å². The lowest BCUT2D eigenvalue weighted by Gasteiger charge is -2.26. The van der Waals surface area contributed by atoms with E-state index < -0.39 is 0 Å². The van der Waals surface area contributed by atoms with E-state index in [0.717, 1.165) is 17.9 Å². The third-order valence-electron chi connectivity index (χ3n) is 4.73. The Kier molecular flexibility index (Phi) is 4.17. The van der Waals surface area contributed by atoms with Crippen LogP contribution in [0.2, 0.25) is 0 Å². The van der Waals surface area contributed by atoms with Gasteiger partial charge in [-0.25, -0.2) is 0 Å². The minimum Gasteiger partial charge on any atom is -0.314 e. The normalized spacial score (nSPS) is 28.1. The number of hydrogen-bond donors (Lipinski definition) is 1. The van der Waals surface area contributed by atoms with E-state index in [4.69, 9.17) is 0 Å². The molecule has 104 valence electrons. The minimum absolute atomic E-state index is 0.723. The second-order valence-electron chi connectivity index (χ2n) is 6.48. The number of hydrogen-bond acceptors (Lipinski definition) is 2. The summed E-state index contributed by atoms with van der Waals surface area (Å²) in [6.45, 7) is 3.37. The Morgan fingerprint density at radius 3 is 2.74 bits per heavy atom. The molecule has 0 spiro atoms. The van der Waals surface area contributed by atoms with Gasteiger partial charge in [-0.3, -0.25) is 4.98 Å². The monoisotopic (exact) mass is 258 g/mol. The number of nitrogens with zero attached hydrogens (tertiary/aromatic N) is 1. The molecule has 19 heavy (non-hydrogen) atoms. The fraction of sp³-hybridized carbons (Fsp3) is 0.706. The van der Waals surface area contributed by atoms with Gasteiger partial charge in [0.25, 0.3) is 0 Å². The fourth-order valence-corrected chi connectivity index (χ4v) is 3.45. The predicted octanol–water partition coefficient (Wildman–Crippen LogP) is 3.81. The Hall–Kier alpha value is -0.890. The lowest BCUT2D eigenvalue weighted by atomic mass is 9.82. The van der Waals surface area contributed by atoms with Crippen LogP contribution in [0, 0.1) is 12.8 Å². The van der Waals surface area contributed by atoms with Gasteiger partial charge in [-0.2, -0.15) is 0 Å². The summed E-state index contributed by atoms with van der Waals surface area (Å²) in [5, 5.41) is 3.75. The predicted molar refractivity (Wildman–Crippen MR) is 79.3 cm³/mol. The summed E-state index contributed by atoms with van der Waals surface area (Å²) in [6, 6.07) is 3.19. The average Bonchev–Trinajstić information content (AvgIpc) is 3.23. The summed E-state index contributed by atoms with van der Waals surface area (Å²) in [6.07, 6.45) is 13.8. The first-order valence-corrected chi connectivity index (χ1v) is 7.98. The van der Waals surface area contributed by atoms with Gasteiger partial charge in [0, 0.05) is 18.4 Å². The first kappa shape index (κ1) is 13.1. The van der Waals surface area contributed by atoms with Crippen LogP contribution in [0.15, 0.2) is 18.5 Å². The van der Waals surface area contributed by atoms with E-state index in [9.17, 15) is 0 Å². The van der Waals surface area contributed by atoms with Gasteiger partial charge in [-0.15, -0.1) is 0 Å². The summed E-state index contributed by atoms with van der Waals surface area (Å²) < 4.78 is 0. The van der Waals surface area contributed by atoms with Crippen molar-refractivity contribution in [1.29, 1.82) is 0 Å². The van der Waals surface area contributed by atoms with Gasteiger partial charge in [-0.1, -0.05) is 25.3 Å². The van der Waals surface area contributed by atoms with Crippen molar-refractivity contribution >= 4 is 0 Å². The molecule has 0 amide bonds. The highest BCUT2D eigenvalue weighted by atomic mass is 14.9. The van der Waals surface area contributed by atoms with Crippen molar-refractivity contribution in [2.75, 3.05) is 6.54 Å². The average molecular weight is 258 g/mol. The van der Waals surface area contributed by atoms with Gasteiger partial charge >= 0.3 is 0 Å². The summed E-state index contributed by atoms with van der Waals surface area (Å²) >= 11 is 0. The lowest BCUT2D eigenvalue weighted by Crippen LogP contribution is -2.28. The third-order valence-corrected chi connectivity index (χ3v) is 4.73. The second-order valence-corrected chi connectivity index (χ2v) is 6.48. The van der Waals surface area contributed by atoms with Gasteiger partial charge in [0.05, 0.1) is 0 Å². The van der Waals surface area contributed by atoms with E-state index in [1.807, 2.05) is 6.20 Å². The Morgan fingerprint density at radius 2 is 1.95 bits per heavy atom. The van der Waals surface area contributed by atoms with Crippen molar-refractivity contribution in [1.82, 2.24) is 10.3 Å². The maximum absolute atomic E-state index is 4.41. The van der Waals surface area contributed by atoms with Gasteiger partial charge < -0.3 is 5.32 Å². The zero-order valence-corrected chi connectivity index (χ0v) is 12.1. The molecule has 0 bridgehead atoms. The van der Waals surface area contributed by atoms with Crippen LogP contribution in [0.3, 0.4) is 0 Å². The molecule has 0 aliphatic heterocycles. The molecule has 2 heteroatoms. The topological polar surface area (TPSA) is 24.9 Å². The smallest absolute Gasteiger partial charge is 0.0303 e. The SMILES string of the molecule is Cc1cncc(C2CCCCCC2CNC2CC2)c1. The molecular formula is C17H26N2. The van der Waals surface area contributed by atoms with E-state index in [2.05, 4.69) is 29.5 Å². The highest BCUT2D eigenvalue weighted by Crippen LogP contribution is 2.36. The molecule has 2 fully saturated rings. The van der Waals surface area contributed by atoms with Crippen molar-refractivity contribution in [3.8, 4) is 0 Å². The largest absolute Gasteiger partial charge is 0.314 e. The molecule has 2 saturated carbocycles. The number of aryl methyl sites for hydroxylation is 1. The second kappa shape index (κ2) is 6.04. The molecule has 0 radical (unpaired) electrons. The van der Waals surface area contributed by atoms with E-state index in [0.29, 0.717) is 0 Å². The molecule has 2 aliphatic rings. The molecule has 1 heterocycles. The molecule has 2 aliphatic carbocycles. The Labute approximate surface area is 117 Å². The van der Waals surface area contributed by atoms with Crippen molar-refractivity contribution < 1.29 is 0 Å². The molecule has 0 saturated heterocycles. The number of nitrogens with one attached hydrogen (secondary N) is 1. The third kappa shape index (κ3) is 3.56. The molecule has 3 rings (SSSR count). The standard InChI is InChI=1S/C17H26N2/c1-13-9-15(11-18-10-13)17-6-4-2-3-5-14(17)12-19-16-7-8-16/h9-11,14,16-17,19H,2-8,12H2,1H3. The quantitative estimate of drug-likeness (QED) is 0.831.